The molecule has 0 spiro atoms. The van der Waals surface area contributed by atoms with E-state index >= 15 is 0 Å². The molecule has 3 rings (SSSR count). The van der Waals surface area contributed by atoms with Crippen molar-refractivity contribution in [2.24, 2.45) is 0 Å². The average Bonchev–Trinajstić information content (AvgIpc) is 2.91. The van der Waals surface area contributed by atoms with Crippen LogP contribution < -0.4 is 9.62 Å². The van der Waals surface area contributed by atoms with Gasteiger partial charge >= 0.3 is 0 Å². The first-order valence-electron chi connectivity index (χ1n) is 13.1. The summed E-state index contributed by atoms with van der Waals surface area (Å²) in [6.45, 7) is 4.00. The molecule has 1 atom stereocenters. The van der Waals surface area contributed by atoms with E-state index in [1.54, 1.807) is 6.07 Å². The van der Waals surface area contributed by atoms with E-state index in [0.717, 1.165) is 40.1 Å². The van der Waals surface area contributed by atoms with Crippen molar-refractivity contribution in [2.45, 2.75) is 45.7 Å². The van der Waals surface area contributed by atoms with Gasteiger partial charge < -0.3 is 10.2 Å². The van der Waals surface area contributed by atoms with Crippen LogP contribution in [0.3, 0.4) is 0 Å². The molecule has 0 radical (unpaired) electrons. The molecule has 0 saturated heterocycles. The predicted octanol–water partition coefficient (Wildman–Crippen LogP) is 5.62. The molecule has 214 valence electrons. The summed E-state index contributed by atoms with van der Waals surface area (Å²) < 4.78 is 26.7. The van der Waals surface area contributed by atoms with E-state index in [1.165, 1.54) is 17.0 Å². The fourth-order valence-electron chi connectivity index (χ4n) is 4.35. The smallest absolute Gasteiger partial charge is 0.244 e. The first kappa shape index (κ1) is 31.5. The minimum absolute atomic E-state index is 0.0192. The summed E-state index contributed by atoms with van der Waals surface area (Å²) in [4.78, 5) is 29.1. The molecule has 0 aromatic heterocycles. The highest BCUT2D eigenvalue weighted by Gasteiger charge is 2.33. The minimum Gasteiger partial charge on any atom is -0.354 e. The Hall–Kier alpha value is -3.07. The zero-order valence-corrected chi connectivity index (χ0v) is 25.3. The molecule has 40 heavy (non-hydrogen) atoms. The van der Waals surface area contributed by atoms with Gasteiger partial charge in [-0.1, -0.05) is 103 Å². The van der Waals surface area contributed by atoms with Gasteiger partial charge in [-0.15, -0.1) is 0 Å². The third-order valence-corrected chi connectivity index (χ3v) is 8.35. The van der Waals surface area contributed by atoms with Gasteiger partial charge in [0.2, 0.25) is 21.8 Å². The largest absolute Gasteiger partial charge is 0.354 e. The van der Waals surface area contributed by atoms with E-state index in [4.69, 9.17) is 23.2 Å². The van der Waals surface area contributed by atoms with E-state index in [0.29, 0.717) is 6.54 Å². The van der Waals surface area contributed by atoms with Crippen LogP contribution >= 0.6 is 23.2 Å². The molecule has 0 aliphatic rings. The number of anilines is 1. The second-order valence-electron chi connectivity index (χ2n) is 9.70. The molecule has 0 aliphatic carbocycles. The summed E-state index contributed by atoms with van der Waals surface area (Å²) in [5.74, 6) is -0.848. The highest BCUT2D eigenvalue weighted by molar-refractivity contribution is 7.92. The lowest BCUT2D eigenvalue weighted by Gasteiger charge is -2.33. The number of hydrogen-bond acceptors (Lipinski definition) is 4. The van der Waals surface area contributed by atoms with Gasteiger partial charge in [-0.3, -0.25) is 13.9 Å². The van der Waals surface area contributed by atoms with Gasteiger partial charge in [-0.05, 0) is 36.6 Å². The number of halogens is 2. The van der Waals surface area contributed by atoms with Crippen molar-refractivity contribution < 1.29 is 18.0 Å². The van der Waals surface area contributed by atoms with E-state index in [9.17, 15) is 18.0 Å². The lowest BCUT2D eigenvalue weighted by molar-refractivity contribution is -0.140. The SMILES string of the molecule is CCCCNC(=O)[C@H](Cc1ccccc1)N(Cc1cccc(C)c1)C(=O)CN(c1cccc(Cl)c1Cl)S(C)(=O)=O. The number of nitrogens with one attached hydrogen (secondary N) is 1. The summed E-state index contributed by atoms with van der Waals surface area (Å²) in [6, 6.07) is 20.8. The predicted molar refractivity (Wildman–Crippen MR) is 162 cm³/mol. The van der Waals surface area contributed by atoms with Crippen molar-refractivity contribution in [3.8, 4) is 0 Å². The van der Waals surface area contributed by atoms with Crippen LogP contribution in [0.1, 0.15) is 36.5 Å². The maximum Gasteiger partial charge on any atom is 0.244 e. The molecule has 0 saturated carbocycles. The Labute approximate surface area is 247 Å². The normalized spacial score (nSPS) is 12.0. The molecule has 10 heteroatoms. The quantitative estimate of drug-likeness (QED) is 0.257. The molecular weight excluding hydrogens is 569 g/mol. The van der Waals surface area contributed by atoms with Gasteiger partial charge in [-0.25, -0.2) is 8.42 Å². The van der Waals surface area contributed by atoms with Crippen LogP contribution in [-0.4, -0.2) is 50.5 Å². The van der Waals surface area contributed by atoms with Crippen molar-refractivity contribution in [1.82, 2.24) is 10.2 Å². The summed E-state index contributed by atoms with van der Waals surface area (Å²) in [5, 5.41) is 3.15. The second-order valence-corrected chi connectivity index (χ2v) is 12.4. The first-order valence-corrected chi connectivity index (χ1v) is 15.7. The maximum atomic E-state index is 14.1. The van der Waals surface area contributed by atoms with Crippen molar-refractivity contribution in [2.75, 3.05) is 23.7 Å². The molecule has 0 heterocycles. The molecule has 3 aromatic rings. The van der Waals surface area contributed by atoms with Crippen LogP contribution in [0.5, 0.6) is 0 Å². The van der Waals surface area contributed by atoms with Crippen LogP contribution in [0.25, 0.3) is 0 Å². The van der Waals surface area contributed by atoms with Crippen molar-refractivity contribution >= 4 is 50.7 Å². The number of benzene rings is 3. The Balaban J connectivity index is 2.06. The van der Waals surface area contributed by atoms with Gasteiger partial charge in [0.05, 0.1) is 22.0 Å². The summed E-state index contributed by atoms with van der Waals surface area (Å²) in [6.07, 6.45) is 2.96. The van der Waals surface area contributed by atoms with Gasteiger partial charge in [0.15, 0.2) is 0 Å². The monoisotopic (exact) mass is 603 g/mol. The van der Waals surface area contributed by atoms with E-state index in [-0.39, 0.29) is 34.6 Å². The number of sulfonamides is 1. The standard InChI is InChI=1S/C30H35Cl2N3O4S/c1-4-5-17-33-30(37)27(19-23-12-7-6-8-13-23)34(20-24-14-9-11-22(2)18-24)28(36)21-35(40(3,38)39)26-16-10-15-25(31)29(26)32/h6-16,18,27H,4-5,17,19-21H2,1-3H3,(H,33,37)/t27-/m0/s1. The third-order valence-electron chi connectivity index (χ3n) is 6.42. The molecule has 3 aromatic carbocycles. The Bertz CT molecular complexity index is 1420. The van der Waals surface area contributed by atoms with Gasteiger partial charge in [0.1, 0.15) is 12.6 Å². The average molecular weight is 605 g/mol. The number of aryl methyl sites for hydroxylation is 1. The minimum atomic E-state index is -3.95. The molecule has 0 unspecified atom stereocenters. The lowest BCUT2D eigenvalue weighted by atomic mass is 10.0. The zero-order chi connectivity index (χ0) is 29.3. The van der Waals surface area contributed by atoms with Crippen LogP contribution in [0.15, 0.2) is 72.8 Å². The van der Waals surface area contributed by atoms with Crippen LogP contribution in [-0.2, 0) is 32.6 Å². The number of rotatable bonds is 13. The Kier molecular flexibility index (Phi) is 11.4. The summed E-state index contributed by atoms with van der Waals surface area (Å²) in [5.41, 5.74) is 2.78. The number of unbranched alkanes of at least 4 members (excludes halogenated alkanes) is 1. The molecule has 2 amide bonds. The highest BCUT2D eigenvalue weighted by atomic mass is 35.5. The fraction of sp³-hybridized carbons (Fsp3) is 0.333. The number of amides is 2. The van der Waals surface area contributed by atoms with Crippen LogP contribution in [0, 0.1) is 6.92 Å². The first-order chi connectivity index (χ1) is 19.0. The van der Waals surface area contributed by atoms with E-state index in [1.807, 2.05) is 68.4 Å². The Morgan fingerprint density at radius 3 is 2.27 bits per heavy atom. The van der Waals surface area contributed by atoms with Gasteiger partial charge in [0, 0.05) is 19.5 Å². The van der Waals surface area contributed by atoms with E-state index < -0.39 is 28.5 Å². The summed E-state index contributed by atoms with van der Waals surface area (Å²) >= 11 is 12.5. The Morgan fingerprint density at radius 2 is 1.62 bits per heavy atom. The second kappa shape index (κ2) is 14.5. The third kappa shape index (κ3) is 8.71. The number of nitrogens with zero attached hydrogens (tertiary/aromatic N) is 2. The van der Waals surface area contributed by atoms with Crippen molar-refractivity contribution in [3.63, 3.8) is 0 Å². The number of carbonyl (C=O) groups excluding carboxylic acids is 2. The van der Waals surface area contributed by atoms with Crippen molar-refractivity contribution in [1.29, 1.82) is 0 Å². The topological polar surface area (TPSA) is 86.8 Å². The zero-order valence-electron chi connectivity index (χ0n) is 22.9. The molecular formula is C30H35Cl2N3O4S. The number of carbonyl (C=O) groups is 2. The molecule has 0 aliphatic heterocycles. The molecule has 7 nitrogen and oxygen atoms in total. The number of hydrogen-bond donors (Lipinski definition) is 1. The Morgan fingerprint density at radius 1 is 0.950 bits per heavy atom. The highest BCUT2D eigenvalue weighted by Crippen LogP contribution is 2.34. The fourth-order valence-corrected chi connectivity index (χ4v) is 5.65. The van der Waals surface area contributed by atoms with Crippen LogP contribution in [0.4, 0.5) is 5.69 Å². The molecule has 1 N–H and O–H groups in total. The molecule has 0 fully saturated rings. The van der Waals surface area contributed by atoms with Gasteiger partial charge in [0.25, 0.3) is 0 Å². The molecule has 0 bridgehead atoms. The van der Waals surface area contributed by atoms with Crippen LogP contribution in [0.2, 0.25) is 10.0 Å². The van der Waals surface area contributed by atoms with E-state index in [2.05, 4.69) is 5.32 Å². The van der Waals surface area contributed by atoms with Crippen molar-refractivity contribution in [3.05, 3.63) is 99.5 Å². The summed E-state index contributed by atoms with van der Waals surface area (Å²) in [7, 11) is -3.95. The maximum absolute atomic E-state index is 14.1. The van der Waals surface area contributed by atoms with Gasteiger partial charge in [-0.2, -0.15) is 0 Å². The lowest BCUT2D eigenvalue weighted by Crippen LogP contribution is -2.53.